The van der Waals surface area contributed by atoms with Gasteiger partial charge in [0.25, 0.3) is 6.02 Å². The molecular weight excluding hydrogens is 308 g/mol. The number of aliphatic hydroxyl groups excluding tert-OH is 1. The summed E-state index contributed by atoms with van der Waals surface area (Å²) in [7, 11) is 0. The second-order valence-electron chi connectivity index (χ2n) is 5.89. The minimum atomic E-state index is -0.446. The number of aliphatic imine (C=N–C) groups is 1. The Bertz CT molecular complexity index is 560. The van der Waals surface area contributed by atoms with E-state index in [4.69, 9.17) is 10.5 Å². The van der Waals surface area contributed by atoms with Gasteiger partial charge in [-0.25, -0.2) is 4.99 Å². The van der Waals surface area contributed by atoms with Crippen molar-refractivity contribution in [2.24, 2.45) is 16.1 Å². The van der Waals surface area contributed by atoms with Gasteiger partial charge in [0.15, 0.2) is 0 Å². The summed E-state index contributed by atoms with van der Waals surface area (Å²) in [4.78, 5) is 4.55. The molecule has 1 spiro atoms. The molecule has 0 saturated heterocycles. The van der Waals surface area contributed by atoms with Gasteiger partial charge in [-0.05, 0) is 41.5 Å². The smallest absolute Gasteiger partial charge is 0.283 e. The van der Waals surface area contributed by atoms with Crippen molar-refractivity contribution in [1.82, 2.24) is 0 Å². The van der Waals surface area contributed by atoms with E-state index in [-0.39, 0.29) is 18.0 Å². The van der Waals surface area contributed by atoms with E-state index in [0.29, 0.717) is 6.61 Å². The Kier molecular flexibility index (Phi) is 2.87. The van der Waals surface area contributed by atoms with Crippen molar-refractivity contribution in [3.63, 3.8) is 0 Å². The van der Waals surface area contributed by atoms with Crippen LogP contribution in [0.25, 0.3) is 0 Å². The molecule has 102 valence electrons. The van der Waals surface area contributed by atoms with Gasteiger partial charge in [-0.1, -0.05) is 28.9 Å². The molecule has 1 aromatic rings. The van der Waals surface area contributed by atoms with Crippen molar-refractivity contribution in [3.05, 3.63) is 33.8 Å². The summed E-state index contributed by atoms with van der Waals surface area (Å²) >= 11 is 3.51. The van der Waals surface area contributed by atoms with E-state index in [1.54, 1.807) is 0 Å². The molecule has 4 nitrogen and oxygen atoms in total. The van der Waals surface area contributed by atoms with Gasteiger partial charge in [-0.2, -0.15) is 0 Å². The van der Waals surface area contributed by atoms with E-state index in [0.717, 1.165) is 22.9 Å². The summed E-state index contributed by atoms with van der Waals surface area (Å²) in [6.07, 6.45) is 1.60. The lowest BCUT2D eigenvalue weighted by molar-refractivity contribution is 0.0801. The fourth-order valence-electron chi connectivity index (χ4n) is 3.27. The Labute approximate surface area is 120 Å². The summed E-state index contributed by atoms with van der Waals surface area (Å²) in [6.45, 7) is 2.68. The Morgan fingerprint density at radius 3 is 2.95 bits per heavy atom. The van der Waals surface area contributed by atoms with Crippen LogP contribution in [0.3, 0.4) is 0 Å². The van der Waals surface area contributed by atoms with Crippen molar-refractivity contribution in [3.8, 4) is 0 Å². The predicted octanol–water partition coefficient (Wildman–Crippen LogP) is 1.93. The maximum absolute atomic E-state index is 9.71. The topological polar surface area (TPSA) is 67.8 Å². The monoisotopic (exact) mass is 324 g/mol. The van der Waals surface area contributed by atoms with Gasteiger partial charge in [0, 0.05) is 11.1 Å². The highest BCUT2D eigenvalue weighted by Gasteiger charge is 2.48. The molecule has 0 bridgehead atoms. The van der Waals surface area contributed by atoms with Crippen LogP contribution in [-0.2, 0) is 16.7 Å². The number of hydrogen-bond donors (Lipinski definition) is 2. The van der Waals surface area contributed by atoms with E-state index in [9.17, 15) is 5.11 Å². The van der Waals surface area contributed by atoms with Crippen LogP contribution >= 0.6 is 15.9 Å². The quantitative estimate of drug-likeness (QED) is 0.829. The van der Waals surface area contributed by atoms with Crippen LogP contribution in [0, 0.1) is 5.41 Å². The number of halogens is 1. The molecule has 0 aromatic heterocycles. The lowest BCUT2D eigenvalue weighted by atomic mass is 9.65. The fourth-order valence-corrected chi connectivity index (χ4v) is 3.63. The van der Waals surface area contributed by atoms with Crippen molar-refractivity contribution in [2.75, 3.05) is 13.2 Å². The molecule has 1 aliphatic heterocycles. The summed E-state index contributed by atoms with van der Waals surface area (Å²) in [5.74, 6) is 0. The standard InChI is InChI=1S/C14H17BrN2O2/c1-13(7-18)5-9-2-3-10(15)4-11(9)14(6-13)8-19-12(16)17-14/h2-4,18H,5-8H2,1H3,(H2,16,17)/t13-,14?/m1/s1. The SMILES string of the molecule is C[C@@]1(CO)Cc2ccc(Br)cc2C2(COC(N)=N2)C1. The minimum absolute atomic E-state index is 0.139. The first-order chi connectivity index (χ1) is 8.96. The molecule has 0 radical (unpaired) electrons. The summed E-state index contributed by atoms with van der Waals surface area (Å²) in [5, 5.41) is 9.71. The number of nitrogens with zero attached hydrogens (tertiary/aromatic N) is 1. The molecule has 1 heterocycles. The third-order valence-electron chi connectivity index (χ3n) is 4.07. The lowest BCUT2D eigenvalue weighted by Gasteiger charge is -2.42. The van der Waals surface area contributed by atoms with Crippen molar-refractivity contribution >= 4 is 22.0 Å². The van der Waals surface area contributed by atoms with Crippen molar-refractivity contribution < 1.29 is 9.84 Å². The molecule has 3 N–H and O–H groups in total. The van der Waals surface area contributed by atoms with Gasteiger partial charge in [0.2, 0.25) is 0 Å². The van der Waals surface area contributed by atoms with E-state index >= 15 is 0 Å². The average molecular weight is 325 g/mol. The molecule has 0 fully saturated rings. The second-order valence-corrected chi connectivity index (χ2v) is 6.81. The predicted molar refractivity (Wildman–Crippen MR) is 76.9 cm³/mol. The van der Waals surface area contributed by atoms with Crippen LogP contribution < -0.4 is 5.73 Å². The first-order valence-electron chi connectivity index (χ1n) is 6.34. The third-order valence-corrected chi connectivity index (χ3v) is 4.57. The Morgan fingerprint density at radius 2 is 2.32 bits per heavy atom. The molecule has 1 unspecified atom stereocenters. The zero-order valence-electron chi connectivity index (χ0n) is 10.8. The first-order valence-corrected chi connectivity index (χ1v) is 7.14. The number of fused-ring (bicyclic) bond motifs is 2. The van der Waals surface area contributed by atoms with Gasteiger partial charge >= 0.3 is 0 Å². The Hall–Kier alpha value is -1.07. The summed E-state index contributed by atoms with van der Waals surface area (Å²) < 4.78 is 6.44. The number of hydrogen-bond acceptors (Lipinski definition) is 4. The Morgan fingerprint density at radius 1 is 1.53 bits per heavy atom. The van der Waals surface area contributed by atoms with Gasteiger partial charge in [0.1, 0.15) is 12.1 Å². The molecular formula is C14H17BrN2O2. The molecule has 0 amide bonds. The van der Waals surface area contributed by atoms with Crippen LogP contribution in [0.15, 0.2) is 27.7 Å². The number of aliphatic hydroxyl groups is 1. The van der Waals surface area contributed by atoms with Gasteiger partial charge in [0.05, 0.1) is 0 Å². The van der Waals surface area contributed by atoms with Crippen LogP contribution in [0.4, 0.5) is 0 Å². The number of benzene rings is 1. The Balaban J connectivity index is 2.17. The number of amidine groups is 1. The summed E-state index contributed by atoms with van der Waals surface area (Å²) in [5.41, 5.74) is 7.47. The molecule has 2 atom stereocenters. The number of rotatable bonds is 1. The molecule has 1 aromatic carbocycles. The van der Waals surface area contributed by atoms with Crippen LogP contribution in [-0.4, -0.2) is 24.3 Å². The first kappa shape index (κ1) is 12.9. The highest BCUT2D eigenvalue weighted by atomic mass is 79.9. The molecule has 3 rings (SSSR count). The maximum Gasteiger partial charge on any atom is 0.283 e. The molecule has 2 aliphatic rings. The highest BCUT2D eigenvalue weighted by Crippen LogP contribution is 2.49. The fraction of sp³-hybridized carbons (Fsp3) is 0.500. The maximum atomic E-state index is 9.71. The zero-order valence-corrected chi connectivity index (χ0v) is 12.4. The van der Waals surface area contributed by atoms with Crippen LogP contribution in [0.5, 0.6) is 0 Å². The average Bonchev–Trinajstić information content (AvgIpc) is 2.73. The largest absolute Gasteiger partial charge is 0.462 e. The van der Waals surface area contributed by atoms with Gasteiger partial charge in [-0.3, -0.25) is 0 Å². The van der Waals surface area contributed by atoms with Gasteiger partial charge < -0.3 is 15.6 Å². The summed E-state index contributed by atoms with van der Waals surface area (Å²) in [6, 6.07) is 6.46. The van der Waals surface area contributed by atoms with Crippen molar-refractivity contribution in [1.29, 1.82) is 0 Å². The van der Waals surface area contributed by atoms with E-state index in [1.807, 2.05) is 6.07 Å². The van der Waals surface area contributed by atoms with E-state index in [1.165, 1.54) is 5.56 Å². The van der Waals surface area contributed by atoms with Crippen molar-refractivity contribution in [2.45, 2.75) is 25.3 Å². The van der Waals surface area contributed by atoms with E-state index in [2.05, 4.69) is 40.0 Å². The lowest BCUT2D eigenvalue weighted by Crippen LogP contribution is -2.42. The third kappa shape index (κ3) is 2.05. The van der Waals surface area contributed by atoms with Crippen LogP contribution in [0.1, 0.15) is 24.5 Å². The highest BCUT2D eigenvalue weighted by molar-refractivity contribution is 9.10. The zero-order chi connectivity index (χ0) is 13.7. The molecule has 5 heteroatoms. The number of ether oxygens (including phenoxy) is 1. The molecule has 1 aliphatic carbocycles. The van der Waals surface area contributed by atoms with Crippen LogP contribution in [0.2, 0.25) is 0 Å². The minimum Gasteiger partial charge on any atom is -0.462 e. The molecule has 0 saturated carbocycles. The molecule has 19 heavy (non-hydrogen) atoms. The second kappa shape index (κ2) is 4.21. The number of nitrogens with two attached hydrogens (primary N) is 1. The van der Waals surface area contributed by atoms with Gasteiger partial charge in [-0.15, -0.1) is 0 Å². The normalized spacial score (nSPS) is 32.9. The van der Waals surface area contributed by atoms with E-state index < -0.39 is 5.54 Å².